The first-order chi connectivity index (χ1) is 9.97. The van der Waals surface area contributed by atoms with Gasteiger partial charge in [-0.1, -0.05) is 66.6 Å². The molecule has 0 N–H and O–H groups in total. The van der Waals surface area contributed by atoms with E-state index in [1.807, 2.05) is 0 Å². The van der Waals surface area contributed by atoms with Crippen molar-refractivity contribution in [1.29, 1.82) is 0 Å². The number of benzene rings is 2. The molecule has 0 heterocycles. The average Bonchev–Trinajstić information content (AvgIpc) is 2.46. The molecule has 0 aliphatic heterocycles. The molecule has 0 aliphatic rings. The summed E-state index contributed by atoms with van der Waals surface area (Å²) in [6, 6.07) is 17.2. The van der Waals surface area contributed by atoms with Gasteiger partial charge in [-0.05, 0) is 43.7 Å². The van der Waals surface area contributed by atoms with Crippen LogP contribution in [0.2, 0.25) is 0 Å². The lowest BCUT2D eigenvalue weighted by Crippen LogP contribution is -2.12. The van der Waals surface area contributed by atoms with Crippen molar-refractivity contribution in [2.75, 3.05) is 0 Å². The minimum atomic E-state index is 0.241. The van der Waals surface area contributed by atoms with Crippen LogP contribution in [0.15, 0.2) is 48.5 Å². The molecule has 110 valence electrons. The predicted molar refractivity (Wildman–Crippen MR) is 88.8 cm³/mol. The molecule has 1 heteroatoms. The maximum Gasteiger partial charge on any atom is 0.130 e. The van der Waals surface area contributed by atoms with Crippen molar-refractivity contribution in [3.8, 4) is 0 Å². The van der Waals surface area contributed by atoms with Crippen LogP contribution >= 0.6 is 0 Å². The van der Waals surface area contributed by atoms with E-state index in [-0.39, 0.29) is 11.7 Å². The summed E-state index contributed by atoms with van der Waals surface area (Å²) >= 11 is 0. The SMILES string of the molecule is CC(=O)C[C@@H](c1ccc(C)cc1)[C@H](C)c1ccc(C)cc1. The predicted octanol–water partition coefficient (Wildman–Crippen LogP) is 5.17. The first-order valence-electron chi connectivity index (χ1n) is 7.60. The number of hydrogen-bond donors (Lipinski definition) is 0. The molecule has 0 fully saturated rings. The number of ketones is 1. The molecule has 0 amide bonds. The van der Waals surface area contributed by atoms with Crippen LogP contribution in [-0.4, -0.2) is 5.78 Å². The molecule has 0 radical (unpaired) electrons. The lowest BCUT2D eigenvalue weighted by atomic mass is 9.79. The third-order valence-electron chi connectivity index (χ3n) is 4.22. The minimum absolute atomic E-state index is 0.241. The van der Waals surface area contributed by atoms with Gasteiger partial charge in [-0.15, -0.1) is 0 Å². The fourth-order valence-electron chi connectivity index (χ4n) is 2.81. The number of carbonyl (C=O) groups excluding carboxylic acids is 1. The van der Waals surface area contributed by atoms with E-state index in [4.69, 9.17) is 0 Å². The van der Waals surface area contributed by atoms with Crippen molar-refractivity contribution in [2.24, 2.45) is 0 Å². The summed E-state index contributed by atoms with van der Waals surface area (Å²) in [6.07, 6.45) is 0.595. The molecule has 2 rings (SSSR count). The molecule has 0 aliphatic carbocycles. The summed E-state index contributed by atoms with van der Waals surface area (Å²) in [5.74, 6) is 0.822. The largest absolute Gasteiger partial charge is 0.300 e. The molecule has 0 aromatic heterocycles. The summed E-state index contributed by atoms with van der Waals surface area (Å²) in [7, 11) is 0. The van der Waals surface area contributed by atoms with Crippen molar-refractivity contribution in [3.05, 3.63) is 70.8 Å². The maximum atomic E-state index is 11.7. The van der Waals surface area contributed by atoms with Crippen LogP contribution in [0.1, 0.15) is 54.4 Å². The third kappa shape index (κ3) is 4.04. The highest BCUT2D eigenvalue weighted by molar-refractivity contribution is 5.76. The van der Waals surface area contributed by atoms with Crippen molar-refractivity contribution in [3.63, 3.8) is 0 Å². The molecule has 2 aromatic carbocycles. The van der Waals surface area contributed by atoms with Gasteiger partial charge in [0.05, 0.1) is 0 Å². The summed E-state index contributed by atoms with van der Waals surface area (Å²) in [4.78, 5) is 11.7. The molecule has 0 saturated heterocycles. The number of Topliss-reactive ketones (excluding diaryl/α,β-unsaturated/α-hetero) is 1. The highest BCUT2D eigenvalue weighted by atomic mass is 16.1. The fourth-order valence-corrected chi connectivity index (χ4v) is 2.81. The normalized spacial score (nSPS) is 13.7. The molecule has 1 nitrogen and oxygen atoms in total. The lowest BCUT2D eigenvalue weighted by molar-refractivity contribution is -0.117. The molecule has 0 saturated carbocycles. The van der Waals surface area contributed by atoms with Crippen LogP contribution in [0, 0.1) is 13.8 Å². The van der Waals surface area contributed by atoms with E-state index in [1.165, 1.54) is 22.3 Å². The van der Waals surface area contributed by atoms with Gasteiger partial charge in [-0.25, -0.2) is 0 Å². The van der Waals surface area contributed by atoms with Crippen LogP contribution in [0.5, 0.6) is 0 Å². The highest BCUT2D eigenvalue weighted by Gasteiger charge is 2.22. The molecule has 2 atom stereocenters. The van der Waals surface area contributed by atoms with E-state index < -0.39 is 0 Å². The second-order valence-electron chi connectivity index (χ2n) is 6.12. The zero-order valence-electron chi connectivity index (χ0n) is 13.4. The Labute approximate surface area is 128 Å². The van der Waals surface area contributed by atoms with E-state index in [9.17, 15) is 4.79 Å². The Hall–Kier alpha value is -1.89. The Bertz CT molecular complexity index is 593. The van der Waals surface area contributed by atoms with Gasteiger partial charge in [0.2, 0.25) is 0 Å². The van der Waals surface area contributed by atoms with Crippen LogP contribution in [0.4, 0.5) is 0 Å². The van der Waals surface area contributed by atoms with Crippen molar-refractivity contribution in [1.82, 2.24) is 0 Å². The van der Waals surface area contributed by atoms with Crippen LogP contribution in [0.3, 0.4) is 0 Å². The van der Waals surface area contributed by atoms with Crippen LogP contribution < -0.4 is 0 Å². The van der Waals surface area contributed by atoms with Gasteiger partial charge < -0.3 is 4.79 Å². The van der Waals surface area contributed by atoms with E-state index in [1.54, 1.807) is 6.92 Å². The van der Waals surface area contributed by atoms with Gasteiger partial charge in [0, 0.05) is 6.42 Å². The van der Waals surface area contributed by atoms with E-state index >= 15 is 0 Å². The molecule has 0 bridgehead atoms. The Morgan fingerprint density at radius 3 is 1.71 bits per heavy atom. The van der Waals surface area contributed by atoms with Gasteiger partial charge >= 0.3 is 0 Å². The Morgan fingerprint density at radius 1 is 0.857 bits per heavy atom. The standard InChI is InChI=1S/C20H24O/c1-14-5-9-18(10-6-14)17(4)20(13-16(3)21)19-11-7-15(2)8-12-19/h5-12,17,20H,13H2,1-4H3/t17-,20-/m1/s1. The van der Waals surface area contributed by atoms with Gasteiger partial charge in [-0.3, -0.25) is 0 Å². The van der Waals surface area contributed by atoms with Gasteiger partial charge in [-0.2, -0.15) is 0 Å². The number of aryl methyl sites for hydroxylation is 2. The summed E-state index contributed by atoms with van der Waals surface area (Å²) < 4.78 is 0. The minimum Gasteiger partial charge on any atom is -0.300 e. The summed E-state index contributed by atoms with van der Waals surface area (Å²) in [5.41, 5.74) is 5.07. The highest BCUT2D eigenvalue weighted by Crippen LogP contribution is 2.35. The first kappa shape index (κ1) is 15.5. The second kappa shape index (κ2) is 6.71. The zero-order valence-corrected chi connectivity index (χ0v) is 13.4. The van der Waals surface area contributed by atoms with E-state index in [0.717, 1.165) is 0 Å². The number of rotatable bonds is 5. The third-order valence-corrected chi connectivity index (χ3v) is 4.22. The first-order valence-corrected chi connectivity index (χ1v) is 7.60. The average molecular weight is 280 g/mol. The van der Waals surface area contributed by atoms with E-state index in [0.29, 0.717) is 12.3 Å². The fraction of sp³-hybridized carbons (Fsp3) is 0.350. The van der Waals surface area contributed by atoms with Crippen molar-refractivity contribution in [2.45, 2.75) is 46.0 Å². The van der Waals surface area contributed by atoms with Gasteiger partial charge in [0.15, 0.2) is 0 Å². The topological polar surface area (TPSA) is 17.1 Å². The quantitative estimate of drug-likeness (QED) is 0.738. The maximum absolute atomic E-state index is 11.7. The van der Waals surface area contributed by atoms with Crippen molar-refractivity contribution < 1.29 is 4.79 Å². The second-order valence-corrected chi connectivity index (χ2v) is 6.12. The molecular formula is C20H24O. The zero-order chi connectivity index (χ0) is 15.4. The Balaban J connectivity index is 2.32. The Morgan fingerprint density at radius 2 is 1.29 bits per heavy atom. The number of carbonyl (C=O) groups is 1. The Kier molecular flexibility index (Phi) is 4.95. The van der Waals surface area contributed by atoms with Gasteiger partial charge in [0.25, 0.3) is 0 Å². The molecule has 0 spiro atoms. The van der Waals surface area contributed by atoms with Crippen LogP contribution in [-0.2, 0) is 4.79 Å². The molecule has 21 heavy (non-hydrogen) atoms. The molecule has 2 aromatic rings. The van der Waals surface area contributed by atoms with E-state index in [2.05, 4.69) is 69.3 Å². The summed E-state index contributed by atoms with van der Waals surface area (Å²) in [6.45, 7) is 8.09. The summed E-state index contributed by atoms with van der Waals surface area (Å²) in [5, 5.41) is 0. The van der Waals surface area contributed by atoms with Crippen molar-refractivity contribution >= 4 is 5.78 Å². The molecular weight excluding hydrogens is 256 g/mol. The van der Waals surface area contributed by atoms with Gasteiger partial charge in [0.1, 0.15) is 5.78 Å². The lowest BCUT2D eigenvalue weighted by Gasteiger charge is -2.24. The smallest absolute Gasteiger partial charge is 0.130 e. The molecule has 0 unspecified atom stereocenters. The monoisotopic (exact) mass is 280 g/mol. The number of hydrogen-bond acceptors (Lipinski definition) is 1. The van der Waals surface area contributed by atoms with Crippen LogP contribution in [0.25, 0.3) is 0 Å².